The van der Waals surface area contributed by atoms with Gasteiger partial charge in [-0.25, -0.2) is 4.39 Å². The number of hydrogen-bond donors (Lipinski definition) is 1. The number of benzene rings is 1. The Labute approximate surface area is 119 Å². The number of fused-ring (bicyclic) bond motifs is 1. The summed E-state index contributed by atoms with van der Waals surface area (Å²) in [5.41, 5.74) is 0.473. The van der Waals surface area contributed by atoms with Gasteiger partial charge in [0.05, 0.1) is 5.54 Å². The predicted molar refractivity (Wildman–Crippen MR) is 76.1 cm³/mol. The second-order valence-electron chi connectivity index (χ2n) is 6.07. The second kappa shape index (κ2) is 5.17. The van der Waals surface area contributed by atoms with Crippen LogP contribution in [0.25, 0.3) is 0 Å². The third-order valence-electron chi connectivity index (χ3n) is 4.83. The van der Waals surface area contributed by atoms with Crippen molar-refractivity contribution in [3.05, 3.63) is 35.6 Å². The lowest BCUT2D eigenvalue weighted by atomic mass is 9.77. The smallest absolute Gasteiger partial charge is 0.254 e. The lowest BCUT2D eigenvalue weighted by Crippen LogP contribution is -2.66. The molecule has 1 amide bonds. The first-order valence-electron chi connectivity index (χ1n) is 7.42. The lowest BCUT2D eigenvalue weighted by Gasteiger charge is -2.53. The normalized spacial score (nSPS) is 29.9. The average molecular weight is 276 g/mol. The van der Waals surface area contributed by atoms with Crippen molar-refractivity contribution in [3.8, 4) is 0 Å². The van der Waals surface area contributed by atoms with Crippen molar-refractivity contribution < 1.29 is 9.18 Å². The van der Waals surface area contributed by atoms with Gasteiger partial charge in [0.2, 0.25) is 0 Å². The molecule has 0 unspecified atom stereocenters. The number of rotatable bonds is 1. The van der Waals surface area contributed by atoms with Crippen LogP contribution in [-0.4, -0.2) is 35.5 Å². The highest BCUT2D eigenvalue weighted by atomic mass is 19.1. The van der Waals surface area contributed by atoms with E-state index in [9.17, 15) is 9.18 Å². The molecule has 0 aromatic heterocycles. The Hall–Kier alpha value is -1.42. The maximum absolute atomic E-state index is 13.0. The molecule has 2 atom stereocenters. The quantitative estimate of drug-likeness (QED) is 0.855. The van der Waals surface area contributed by atoms with E-state index in [2.05, 4.69) is 12.2 Å². The molecular weight excluding hydrogens is 255 g/mol. The molecule has 1 N–H and O–H groups in total. The van der Waals surface area contributed by atoms with Gasteiger partial charge in [0, 0.05) is 18.2 Å². The molecule has 1 aromatic carbocycles. The number of likely N-dealkylation sites (tertiary alicyclic amines) is 1. The fourth-order valence-corrected chi connectivity index (χ4v) is 3.64. The maximum Gasteiger partial charge on any atom is 0.254 e. The van der Waals surface area contributed by atoms with Crippen LogP contribution in [-0.2, 0) is 0 Å². The average Bonchev–Trinajstić information content (AvgIpc) is 2.46. The Bertz CT molecular complexity index is 500. The molecule has 4 heteroatoms. The third kappa shape index (κ3) is 2.22. The van der Waals surface area contributed by atoms with Crippen molar-refractivity contribution in [1.29, 1.82) is 0 Å². The first-order chi connectivity index (χ1) is 9.61. The number of amides is 1. The first kappa shape index (κ1) is 13.6. The summed E-state index contributed by atoms with van der Waals surface area (Å²) >= 11 is 0. The first-order valence-corrected chi connectivity index (χ1v) is 7.42. The van der Waals surface area contributed by atoms with Crippen LogP contribution < -0.4 is 5.32 Å². The Balaban J connectivity index is 1.87. The molecule has 0 radical (unpaired) electrons. The van der Waals surface area contributed by atoms with Gasteiger partial charge in [0.25, 0.3) is 5.91 Å². The van der Waals surface area contributed by atoms with Crippen LogP contribution >= 0.6 is 0 Å². The highest BCUT2D eigenvalue weighted by Crippen LogP contribution is 2.35. The Morgan fingerprint density at radius 1 is 1.35 bits per heavy atom. The van der Waals surface area contributed by atoms with Crippen LogP contribution in [0, 0.1) is 5.82 Å². The van der Waals surface area contributed by atoms with E-state index >= 15 is 0 Å². The van der Waals surface area contributed by atoms with Crippen LogP contribution in [0.3, 0.4) is 0 Å². The molecule has 3 rings (SSSR count). The molecule has 2 fully saturated rings. The monoisotopic (exact) mass is 276 g/mol. The molecule has 2 saturated heterocycles. The van der Waals surface area contributed by atoms with Crippen molar-refractivity contribution in [1.82, 2.24) is 10.2 Å². The van der Waals surface area contributed by atoms with E-state index in [-0.39, 0.29) is 17.3 Å². The van der Waals surface area contributed by atoms with Crippen molar-refractivity contribution in [3.63, 3.8) is 0 Å². The summed E-state index contributed by atoms with van der Waals surface area (Å²) < 4.78 is 13.0. The molecule has 1 aromatic rings. The van der Waals surface area contributed by atoms with Gasteiger partial charge in [-0.2, -0.15) is 0 Å². The number of piperidine rings is 2. The molecule has 0 spiro atoms. The SMILES string of the molecule is C[C@]12CCCN[C@@H]1CCCN2C(=O)c1ccc(F)cc1. The number of halogens is 1. The summed E-state index contributed by atoms with van der Waals surface area (Å²) in [4.78, 5) is 14.7. The zero-order chi connectivity index (χ0) is 14.2. The fourth-order valence-electron chi connectivity index (χ4n) is 3.64. The van der Waals surface area contributed by atoms with Crippen LogP contribution in [0.1, 0.15) is 43.0 Å². The number of hydrogen-bond acceptors (Lipinski definition) is 2. The minimum Gasteiger partial charge on any atom is -0.332 e. The van der Waals surface area contributed by atoms with Gasteiger partial charge in [-0.05, 0) is 63.4 Å². The summed E-state index contributed by atoms with van der Waals surface area (Å²) in [6.07, 6.45) is 4.29. The highest BCUT2D eigenvalue weighted by Gasteiger charge is 2.45. The Morgan fingerprint density at radius 2 is 2.10 bits per heavy atom. The standard InChI is InChI=1S/C16H21FN2O/c1-16-9-3-10-18-14(16)4-2-11-19(16)15(20)12-5-7-13(17)8-6-12/h5-8,14,18H,2-4,9-11H2,1H3/t14-,16+/m1/s1. The zero-order valence-corrected chi connectivity index (χ0v) is 11.9. The van der Waals surface area contributed by atoms with Crippen molar-refractivity contribution in [2.45, 2.75) is 44.2 Å². The second-order valence-corrected chi connectivity index (χ2v) is 6.07. The predicted octanol–water partition coefficient (Wildman–Crippen LogP) is 2.57. The maximum atomic E-state index is 13.0. The van der Waals surface area contributed by atoms with E-state index in [1.54, 1.807) is 12.1 Å². The van der Waals surface area contributed by atoms with E-state index < -0.39 is 0 Å². The number of carbonyl (C=O) groups is 1. The van der Waals surface area contributed by atoms with Crippen molar-refractivity contribution >= 4 is 5.91 Å². The van der Waals surface area contributed by atoms with Crippen molar-refractivity contribution in [2.24, 2.45) is 0 Å². The Morgan fingerprint density at radius 3 is 2.85 bits per heavy atom. The zero-order valence-electron chi connectivity index (χ0n) is 11.9. The van der Waals surface area contributed by atoms with Crippen LogP contribution in [0.4, 0.5) is 4.39 Å². The van der Waals surface area contributed by atoms with E-state index in [0.717, 1.165) is 38.8 Å². The number of carbonyl (C=O) groups excluding carboxylic acids is 1. The molecule has 2 heterocycles. The molecule has 3 nitrogen and oxygen atoms in total. The van der Waals surface area contributed by atoms with Gasteiger partial charge in [-0.15, -0.1) is 0 Å². The van der Waals surface area contributed by atoms with Gasteiger partial charge < -0.3 is 10.2 Å². The van der Waals surface area contributed by atoms with Crippen molar-refractivity contribution in [2.75, 3.05) is 13.1 Å². The van der Waals surface area contributed by atoms with Crippen LogP contribution in [0.15, 0.2) is 24.3 Å². The minimum absolute atomic E-state index is 0.0286. The Kier molecular flexibility index (Phi) is 3.50. The molecule has 0 aliphatic carbocycles. The summed E-state index contributed by atoms with van der Waals surface area (Å²) in [6.45, 7) is 4.02. The van der Waals surface area contributed by atoms with Gasteiger partial charge in [0.1, 0.15) is 5.82 Å². The molecule has 20 heavy (non-hydrogen) atoms. The number of nitrogens with zero attached hydrogens (tertiary/aromatic N) is 1. The fraction of sp³-hybridized carbons (Fsp3) is 0.562. The summed E-state index contributed by atoms with van der Waals surface area (Å²) in [7, 11) is 0. The summed E-state index contributed by atoms with van der Waals surface area (Å²) in [6, 6.07) is 6.27. The lowest BCUT2D eigenvalue weighted by molar-refractivity contribution is 0.00879. The third-order valence-corrected chi connectivity index (χ3v) is 4.83. The van der Waals surface area contributed by atoms with Gasteiger partial charge in [0.15, 0.2) is 0 Å². The van der Waals surface area contributed by atoms with Gasteiger partial charge in [-0.1, -0.05) is 0 Å². The minimum atomic E-state index is -0.302. The van der Waals surface area contributed by atoms with Gasteiger partial charge in [-0.3, -0.25) is 4.79 Å². The van der Waals surface area contributed by atoms with Crippen LogP contribution in [0.5, 0.6) is 0 Å². The summed E-state index contributed by atoms with van der Waals surface area (Å²) in [5.74, 6) is -0.274. The van der Waals surface area contributed by atoms with E-state index in [4.69, 9.17) is 0 Å². The van der Waals surface area contributed by atoms with Crippen LogP contribution in [0.2, 0.25) is 0 Å². The molecule has 2 aliphatic heterocycles. The molecular formula is C16H21FN2O. The number of nitrogens with one attached hydrogen (secondary N) is 1. The highest BCUT2D eigenvalue weighted by molar-refractivity contribution is 5.94. The van der Waals surface area contributed by atoms with E-state index in [1.165, 1.54) is 12.1 Å². The molecule has 108 valence electrons. The molecule has 0 saturated carbocycles. The summed E-state index contributed by atoms with van der Waals surface area (Å²) in [5, 5.41) is 3.55. The largest absolute Gasteiger partial charge is 0.332 e. The van der Waals surface area contributed by atoms with E-state index in [1.807, 2.05) is 4.90 Å². The molecule has 2 aliphatic rings. The molecule has 0 bridgehead atoms. The van der Waals surface area contributed by atoms with E-state index in [0.29, 0.717) is 11.6 Å². The topological polar surface area (TPSA) is 32.3 Å². The van der Waals surface area contributed by atoms with Gasteiger partial charge >= 0.3 is 0 Å².